The highest BCUT2D eigenvalue weighted by Crippen LogP contribution is 2.35. The van der Waals surface area contributed by atoms with E-state index in [-0.39, 0.29) is 29.8 Å². The summed E-state index contributed by atoms with van der Waals surface area (Å²) in [5.74, 6) is -0.542. The highest BCUT2D eigenvalue weighted by atomic mass is 32.2. The standard InChI is InChI=1S/C22H25F3N2O3S/c23-22(24,25)20-15-26(21(28)17-8-2-1-3-9-17)13-14-27(20)31(29,30)19-12-6-10-16-7-4-5-11-18(16)19/h4-7,10-12,17,20H,1-3,8-9,13-15H2. The molecular weight excluding hydrogens is 429 g/mol. The van der Waals surface area contributed by atoms with E-state index >= 15 is 0 Å². The molecule has 0 N–H and O–H groups in total. The summed E-state index contributed by atoms with van der Waals surface area (Å²) in [6, 6.07) is 9.03. The van der Waals surface area contributed by atoms with Crippen molar-refractivity contribution in [2.75, 3.05) is 19.6 Å². The van der Waals surface area contributed by atoms with Crippen molar-refractivity contribution in [1.82, 2.24) is 9.21 Å². The van der Waals surface area contributed by atoms with Crippen LogP contribution >= 0.6 is 0 Å². The van der Waals surface area contributed by atoms with E-state index in [0.717, 1.165) is 19.3 Å². The molecular formula is C22H25F3N2O3S. The highest BCUT2D eigenvalue weighted by molar-refractivity contribution is 7.89. The average molecular weight is 455 g/mol. The molecule has 1 unspecified atom stereocenters. The van der Waals surface area contributed by atoms with Crippen LogP contribution in [0.15, 0.2) is 47.4 Å². The largest absolute Gasteiger partial charge is 0.406 e. The fourth-order valence-corrected chi connectivity index (χ4v) is 6.49. The fraction of sp³-hybridized carbons (Fsp3) is 0.500. The van der Waals surface area contributed by atoms with Crippen LogP contribution < -0.4 is 0 Å². The van der Waals surface area contributed by atoms with Crippen LogP contribution in [0.5, 0.6) is 0 Å². The van der Waals surface area contributed by atoms with Crippen molar-refractivity contribution in [1.29, 1.82) is 0 Å². The molecule has 1 amide bonds. The van der Waals surface area contributed by atoms with Gasteiger partial charge in [-0.1, -0.05) is 55.7 Å². The predicted octanol–water partition coefficient (Wildman–Crippen LogP) is 4.18. The SMILES string of the molecule is O=C(C1CCCCC1)N1CCN(S(=O)(=O)c2cccc3ccccc23)C(C(F)(F)F)C1. The zero-order chi connectivity index (χ0) is 22.2. The predicted molar refractivity (Wildman–Crippen MR) is 111 cm³/mol. The van der Waals surface area contributed by atoms with Crippen LogP contribution in [0, 0.1) is 5.92 Å². The number of alkyl halides is 3. The van der Waals surface area contributed by atoms with Gasteiger partial charge in [-0.15, -0.1) is 0 Å². The van der Waals surface area contributed by atoms with E-state index in [1.54, 1.807) is 30.3 Å². The lowest BCUT2D eigenvalue weighted by atomic mass is 9.88. The Balaban J connectivity index is 1.65. The summed E-state index contributed by atoms with van der Waals surface area (Å²) in [4.78, 5) is 13.9. The number of carbonyl (C=O) groups excluding carboxylic acids is 1. The van der Waals surface area contributed by atoms with Gasteiger partial charge < -0.3 is 4.90 Å². The third-order valence-electron chi connectivity index (χ3n) is 6.31. The Kier molecular flexibility index (Phi) is 6.00. The van der Waals surface area contributed by atoms with Crippen LogP contribution in [0.4, 0.5) is 13.2 Å². The molecule has 0 spiro atoms. The minimum atomic E-state index is -4.79. The molecule has 2 fully saturated rings. The van der Waals surface area contributed by atoms with Crippen LogP contribution in [0.1, 0.15) is 32.1 Å². The number of amides is 1. The van der Waals surface area contributed by atoms with E-state index in [2.05, 4.69) is 0 Å². The van der Waals surface area contributed by atoms with Crippen LogP contribution in [0.25, 0.3) is 10.8 Å². The van der Waals surface area contributed by atoms with Gasteiger partial charge in [0.05, 0.1) is 4.90 Å². The zero-order valence-electron chi connectivity index (χ0n) is 17.0. The Morgan fingerprint density at radius 2 is 1.61 bits per heavy atom. The number of hydrogen-bond acceptors (Lipinski definition) is 3. The molecule has 0 aromatic heterocycles. The molecule has 4 rings (SSSR count). The van der Waals surface area contributed by atoms with Gasteiger partial charge in [0.2, 0.25) is 15.9 Å². The zero-order valence-corrected chi connectivity index (χ0v) is 17.8. The van der Waals surface area contributed by atoms with Crippen molar-refractivity contribution in [2.24, 2.45) is 5.92 Å². The molecule has 0 radical (unpaired) electrons. The van der Waals surface area contributed by atoms with E-state index in [1.165, 1.54) is 17.0 Å². The quantitative estimate of drug-likeness (QED) is 0.699. The first-order valence-electron chi connectivity index (χ1n) is 10.5. The maximum absolute atomic E-state index is 14.0. The van der Waals surface area contributed by atoms with Crippen LogP contribution in [0.3, 0.4) is 0 Å². The minimum Gasteiger partial charge on any atom is -0.339 e. The molecule has 1 heterocycles. The second kappa shape index (κ2) is 8.43. The Hall–Kier alpha value is -2.13. The summed E-state index contributed by atoms with van der Waals surface area (Å²) in [5, 5.41) is 1.02. The lowest BCUT2D eigenvalue weighted by molar-refractivity contribution is -0.185. The van der Waals surface area contributed by atoms with E-state index in [9.17, 15) is 26.4 Å². The number of fused-ring (bicyclic) bond motifs is 1. The lowest BCUT2D eigenvalue weighted by Crippen LogP contribution is -2.62. The number of rotatable bonds is 3. The first kappa shape index (κ1) is 22.1. The van der Waals surface area contributed by atoms with Gasteiger partial charge in [-0.2, -0.15) is 17.5 Å². The number of benzene rings is 2. The monoisotopic (exact) mass is 454 g/mol. The average Bonchev–Trinajstić information content (AvgIpc) is 2.77. The number of nitrogens with zero attached hydrogens (tertiary/aromatic N) is 2. The third-order valence-corrected chi connectivity index (χ3v) is 8.28. The second-order valence-electron chi connectivity index (χ2n) is 8.27. The van der Waals surface area contributed by atoms with Gasteiger partial charge >= 0.3 is 6.18 Å². The van der Waals surface area contributed by atoms with Crippen LogP contribution in [-0.2, 0) is 14.8 Å². The van der Waals surface area contributed by atoms with Gasteiger partial charge in [0.25, 0.3) is 0 Å². The van der Waals surface area contributed by atoms with E-state index in [0.29, 0.717) is 27.9 Å². The molecule has 0 bridgehead atoms. The van der Waals surface area contributed by atoms with E-state index < -0.39 is 28.8 Å². The highest BCUT2D eigenvalue weighted by Gasteiger charge is 2.52. The molecule has 2 aromatic carbocycles. The summed E-state index contributed by atoms with van der Waals surface area (Å²) in [6.07, 6.45) is -0.591. The summed E-state index contributed by atoms with van der Waals surface area (Å²) < 4.78 is 69.2. The first-order valence-corrected chi connectivity index (χ1v) is 12.0. The van der Waals surface area contributed by atoms with Crippen molar-refractivity contribution in [2.45, 2.75) is 49.2 Å². The molecule has 2 aromatic rings. The number of hydrogen-bond donors (Lipinski definition) is 0. The van der Waals surface area contributed by atoms with Gasteiger partial charge in [0.1, 0.15) is 6.04 Å². The van der Waals surface area contributed by atoms with Gasteiger partial charge in [0, 0.05) is 30.9 Å². The Morgan fingerprint density at radius 1 is 0.935 bits per heavy atom. The maximum atomic E-state index is 14.0. The van der Waals surface area contributed by atoms with Crippen molar-refractivity contribution < 1.29 is 26.4 Å². The normalized spacial score (nSPS) is 22.0. The van der Waals surface area contributed by atoms with Gasteiger partial charge in [-0.05, 0) is 24.3 Å². The molecule has 1 saturated carbocycles. The lowest BCUT2D eigenvalue weighted by Gasteiger charge is -2.42. The van der Waals surface area contributed by atoms with E-state index in [4.69, 9.17) is 0 Å². The Morgan fingerprint density at radius 3 is 2.32 bits per heavy atom. The van der Waals surface area contributed by atoms with Crippen molar-refractivity contribution in [3.63, 3.8) is 0 Å². The summed E-state index contributed by atoms with van der Waals surface area (Å²) in [7, 11) is -4.42. The van der Waals surface area contributed by atoms with E-state index in [1.807, 2.05) is 0 Å². The molecule has 9 heteroatoms. The van der Waals surface area contributed by atoms with Crippen LogP contribution in [-0.4, -0.2) is 55.4 Å². The summed E-state index contributed by atoms with van der Waals surface area (Å²) in [6.45, 7) is -1.08. The number of piperazine rings is 1. The molecule has 2 aliphatic rings. The van der Waals surface area contributed by atoms with Gasteiger partial charge in [-0.3, -0.25) is 4.79 Å². The number of halogens is 3. The maximum Gasteiger partial charge on any atom is 0.406 e. The van der Waals surface area contributed by atoms with Gasteiger partial charge in [-0.25, -0.2) is 8.42 Å². The minimum absolute atomic E-state index is 0.0358. The number of carbonyl (C=O) groups is 1. The molecule has 1 aliphatic heterocycles. The molecule has 5 nitrogen and oxygen atoms in total. The molecule has 1 saturated heterocycles. The Labute approximate surface area is 179 Å². The van der Waals surface area contributed by atoms with Crippen molar-refractivity contribution in [3.8, 4) is 0 Å². The topological polar surface area (TPSA) is 57.7 Å². The molecule has 1 aliphatic carbocycles. The number of sulfonamides is 1. The third kappa shape index (κ3) is 4.30. The smallest absolute Gasteiger partial charge is 0.339 e. The fourth-order valence-electron chi connectivity index (χ4n) is 4.68. The molecule has 31 heavy (non-hydrogen) atoms. The Bertz CT molecular complexity index is 1060. The first-order chi connectivity index (χ1) is 14.7. The van der Waals surface area contributed by atoms with Crippen LogP contribution in [0.2, 0.25) is 0 Å². The summed E-state index contributed by atoms with van der Waals surface area (Å²) in [5.41, 5.74) is 0. The summed E-state index contributed by atoms with van der Waals surface area (Å²) >= 11 is 0. The van der Waals surface area contributed by atoms with Gasteiger partial charge in [0.15, 0.2) is 0 Å². The van der Waals surface area contributed by atoms with Crippen molar-refractivity contribution >= 4 is 26.7 Å². The van der Waals surface area contributed by atoms with Crippen molar-refractivity contribution in [3.05, 3.63) is 42.5 Å². The second-order valence-corrected chi connectivity index (χ2v) is 10.1. The molecule has 1 atom stereocenters. The molecule has 168 valence electrons.